The largest absolute Gasteiger partial charge is 0.312 e. The SMILES string of the molecule is CCC(C)(C)Cn1c(CCCl)nc2cc(C)cnc21. The van der Waals surface area contributed by atoms with E-state index >= 15 is 0 Å². The summed E-state index contributed by atoms with van der Waals surface area (Å²) in [7, 11) is 0. The van der Waals surface area contributed by atoms with Crippen molar-refractivity contribution in [2.45, 2.75) is 47.1 Å². The van der Waals surface area contributed by atoms with E-state index in [-0.39, 0.29) is 5.41 Å². The van der Waals surface area contributed by atoms with E-state index in [1.165, 1.54) is 0 Å². The van der Waals surface area contributed by atoms with Crippen molar-refractivity contribution >= 4 is 22.8 Å². The highest BCUT2D eigenvalue weighted by molar-refractivity contribution is 6.17. The third kappa shape index (κ3) is 3.08. The number of halogens is 1. The van der Waals surface area contributed by atoms with Crippen LogP contribution >= 0.6 is 11.6 Å². The minimum atomic E-state index is 0.237. The number of hydrogen-bond acceptors (Lipinski definition) is 2. The van der Waals surface area contributed by atoms with Gasteiger partial charge in [0.1, 0.15) is 11.3 Å². The normalized spacial score (nSPS) is 12.3. The molecule has 0 fully saturated rings. The molecule has 0 saturated carbocycles. The van der Waals surface area contributed by atoms with Crippen molar-refractivity contribution in [3.8, 4) is 0 Å². The number of aromatic nitrogens is 3. The first kappa shape index (κ1) is 14.3. The maximum atomic E-state index is 5.90. The van der Waals surface area contributed by atoms with E-state index < -0.39 is 0 Å². The molecule has 3 nitrogen and oxygen atoms in total. The Bertz CT molecular complexity index is 572. The zero-order valence-electron chi connectivity index (χ0n) is 12.2. The average Bonchev–Trinajstić information content (AvgIpc) is 2.67. The molecule has 0 saturated heterocycles. The number of fused-ring (bicyclic) bond motifs is 1. The van der Waals surface area contributed by atoms with Crippen LogP contribution in [0.3, 0.4) is 0 Å². The third-order valence-electron chi connectivity index (χ3n) is 3.66. The van der Waals surface area contributed by atoms with E-state index in [1.807, 2.05) is 13.1 Å². The van der Waals surface area contributed by atoms with Gasteiger partial charge in [-0.1, -0.05) is 20.8 Å². The van der Waals surface area contributed by atoms with Crippen molar-refractivity contribution in [2.75, 3.05) is 5.88 Å². The number of aryl methyl sites for hydroxylation is 2. The van der Waals surface area contributed by atoms with Crippen LogP contribution in [0.25, 0.3) is 11.2 Å². The van der Waals surface area contributed by atoms with Crippen LogP contribution in [-0.4, -0.2) is 20.4 Å². The van der Waals surface area contributed by atoms with Gasteiger partial charge in [-0.15, -0.1) is 11.6 Å². The monoisotopic (exact) mass is 279 g/mol. The van der Waals surface area contributed by atoms with Crippen molar-refractivity contribution in [3.63, 3.8) is 0 Å². The molecule has 0 aliphatic carbocycles. The second-order valence-electron chi connectivity index (χ2n) is 5.93. The van der Waals surface area contributed by atoms with Gasteiger partial charge >= 0.3 is 0 Å². The number of rotatable bonds is 5. The summed E-state index contributed by atoms with van der Waals surface area (Å²) in [5, 5.41) is 0. The predicted molar refractivity (Wildman–Crippen MR) is 80.8 cm³/mol. The van der Waals surface area contributed by atoms with Gasteiger partial charge in [0, 0.05) is 25.0 Å². The van der Waals surface area contributed by atoms with Gasteiger partial charge < -0.3 is 4.57 Å². The highest BCUT2D eigenvalue weighted by Crippen LogP contribution is 2.26. The number of nitrogens with zero attached hydrogens (tertiary/aromatic N) is 3. The molecular formula is C15H22ClN3. The number of alkyl halides is 1. The fourth-order valence-corrected chi connectivity index (χ4v) is 2.31. The molecule has 19 heavy (non-hydrogen) atoms. The fourth-order valence-electron chi connectivity index (χ4n) is 2.14. The summed E-state index contributed by atoms with van der Waals surface area (Å²) in [6.45, 7) is 9.75. The minimum Gasteiger partial charge on any atom is -0.312 e. The lowest BCUT2D eigenvalue weighted by Crippen LogP contribution is -2.20. The standard InChI is InChI=1S/C15H22ClN3/c1-5-15(3,4)10-19-13(6-7-16)18-12-8-11(2)9-17-14(12)19/h8-9H,5-7,10H2,1-4H3. The third-order valence-corrected chi connectivity index (χ3v) is 3.85. The van der Waals surface area contributed by atoms with E-state index in [0.717, 1.165) is 41.9 Å². The van der Waals surface area contributed by atoms with E-state index in [0.29, 0.717) is 5.88 Å². The molecule has 0 bridgehead atoms. The summed E-state index contributed by atoms with van der Waals surface area (Å²) in [6.07, 6.45) is 3.82. The summed E-state index contributed by atoms with van der Waals surface area (Å²) >= 11 is 5.90. The molecule has 0 aliphatic rings. The summed E-state index contributed by atoms with van der Waals surface area (Å²) in [5.41, 5.74) is 3.34. The smallest absolute Gasteiger partial charge is 0.160 e. The van der Waals surface area contributed by atoms with Crippen LogP contribution in [0, 0.1) is 12.3 Å². The topological polar surface area (TPSA) is 30.7 Å². The lowest BCUT2D eigenvalue weighted by Gasteiger charge is -2.24. The van der Waals surface area contributed by atoms with Gasteiger partial charge in [-0.2, -0.15) is 0 Å². The molecule has 0 unspecified atom stereocenters. The molecule has 104 valence electrons. The summed E-state index contributed by atoms with van der Waals surface area (Å²) in [4.78, 5) is 9.26. The van der Waals surface area contributed by atoms with Crippen LogP contribution in [0.2, 0.25) is 0 Å². The highest BCUT2D eigenvalue weighted by Gasteiger charge is 2.20. The van der Waals surface area contributed by atoms with Crippen molar-refractivity contribution < 1.29 is 0 Å². The van der Waals surface area contributed by atoms with Crippen LogP contribution < -0.4 is 0 Å². The Morgan fingerprint density at radius 3 is 2.74 bits per heavy atom. The molecule has 0 spiro atoms. The van der Waals surface area contributed by atoms with Gasteiger partial charge in [0.2, 0.25) is 0 Å². The van der Waals surface area contributed by atoms with E-state index in [4.69, 9.17) is 16.6 Å². The first-order valence-electron chi connectivity index (χ1n) is 6.84. The number of imidazole rings is 1. The van der Waals surface area contributed by atoms with Gasteiger partial charge in [0.25, 0.3) is 0 Å². The van der Waals surface area contributed by atoms with Gasteiger partial charge in [0.05, 0.1) is 0 Å². The lowest BCUT2D eigenvalue weighted by atomic mass is 9.90. The molecular weight excluding hydrogens is 258 g/mol. The molecule has 2 aromatic rings. The van der Waals surface area contributed by atoms with Crippen LogP contribution in [-0.2, 0) is 13.0 Å². The Kier molecular flexibility index (Phi) is 4.14. The molecule has 0 atom stereocenters. The first-order valence-corrected chi connectivity index (χ1v) is 7.38. The summed E-state index contributed by atoms with van der Waals surface area (Å²) in [5.74, 6) is 1.64. The number of hydrogen-bond donors (Lipinski definition) is 0. The quantitative estimate of drug-likeness (QED) is 0.776. The Morgan fingerprint density at radius 2 is 2.11 bits per heavy atom. The van der Waals surface area contributed by atoms with Crippen LogP contribution in [0.4, 0.5) is 0 Å². The average molecular weight is 280 g/mol. The van der Waals surface area contributed by atoms with Crippen LogP contribution in [0.1, 0.15) is 38.6 Å². The highest BCUT2D eigenvalue weighted by atomic mass is 35.5. The molecule has 4 heteroatoms. The van der Waals surface area contributed by atoms with Crippen LogP contribution in [0.5, 0.6) is 0 Å². The summed E-state index contributed by atoms with van der Waals surface area (Å²) in [6, 6.07) is 2.09. The first-order chi connectivity index (χ1) is 8.96. The molecule has 0 N–H and O–H groups in total. The lowest BCUT2D eigenvalue weighted by molar-refractivity contribution is 0.294. The zero-order chi connectivity index (χ0) is 14.0. The maximum absolute atomic E-state index is 5.90. The molecule has 0 amide bonds. The van der Waals surface area contributed by atoms with Crippen molar-refractivity contribution in [1.29, 1.82) is 0 Å². The maximum Gasteiger partial charge on any atom is 0.160 e. The second-order valence-corrected chi connectivity index (χ2v) is 6.30. The molecule has 2 heterocycles. The van der Waals surface area contributed by atoms with E-state index in [1.54, 1.807) is 0 Å². The minimum absolute atomic E-state index is 0.237. The molecule has 2 rings (SSSR count). The van der Waals surface area contributed by atoms with E-state index in [2.05, 4.69) is 36.4 Å². The van der Waals surface area contributed by atoms with Gasteiger partial charge in [-0.25, -0.2) is 9.97 Å². The van der Waals surface area contributed by atoms with Crippen molar-refractivity contribution in [2.24, 2.45) is 5.41 Å². The Hall–Kier alpha value is -1.09. The summed E-state index contributed by atoms with van der Waals surface area (Å²) < 4.78 is 2.24. The van der Waals surface area contributed by atoms with E-state index in [9.17, 15) is 0 Å². The van der Waals surface area contributed by atoms with Crippen LogP contribution in [0.15, 0.2) is 12.3 Å². The van der Waals surface area contributed by atoms with Gasteiger partial charge in [-0.3, -0.25) is 0 Å². The molecule has 2 aromatic heterocycles. The van der Waals surface area contributed by atoms with Crippen molar-refractivity contribution in [3.05, 3.63) is 23.7 Å². The Labute approximate surface area is 120 Å². The predicted octanol–water partition coefficient (Wildman–Crippen LogP) is 3.96. The second kappa shape index (κ2) is 5.49. The zero-order valence-corrected chi connectivity index (χ0v) is 13.0. The molecule has 0 aliphatic heterocycles. The molecule has 0 radical (unpaired) electrons. The van der Waals surface area contributed by atoms with Gasteiger partial charge in [0.15, 0.2) is 5.65 Å². The fraction of sp³-hybridized carbons (Fsp3) is 0.600. The Morgan fingerprint density at radius 1 is 1.37 bits per heavy atom. The van der Waals surface area contributed by atoms with Crippen molar-refractivity contribution in [1.82, 2.24) is 14.5 Å². The molecule has 0 aromatic carbocycles. The number of pyridine rings is 1. The Balaban J connectivity index is 2.52. The van der Waals surface area contributed by atoms with Gasteiger partial charge in [-0.05, 0) is 30.4 Å².